The van der Waals surface area contributed by atoms with Crippen LogP contribution in [0.4, 0.5) is 18.9 Å². The van der Waals surface area contributed by atoms with Gasteiger partial charge in [-0.2, -0.15) is 18.3 Å². The van der Waals surface area contributed by atoms with Gasteiger partial charge in [-0.05, 0) is 44.1 Å². The zero-order chi connectivity index (χ0) is 20.5. The highest BCUT2D eigenvalue weighted by Gasteiger charge is 2.34. The number of nitrogens with one attached hydrogen (secondary N) is 2. The van der Waals surface area contributed by atoms with Gasteiger partial charge in [-0.3, -0.25) is 10.2 Å². The molecule has 0 bridgehead atoms. The number of hydrazone groups is 1. The molecule has 4 N–H and O–H groups in total. The molecule has 0 unspecified atom stereocenters. The molecule has 10 heteroatoms. The number of carbonyl (C=O) groups is 1. The first-order valence-corrected chi connectivity index (χ1v) is 8.81. The van der Waals surface area contributed by atoms with Gasteiger partial charge in [-0.15, -0.1) is 0 Å². The molecule has 3 rings (SSSR count). The van der Waals surface area contributed by atoms with Crippen molar-refractivity contribution < 1.29 is 22.4 Å². The van der Waals surface area contributed by atoms with Crippen molar-refractivity contribution in [2.75, 3.05) is 5.32 Å². The average molecular weight is 410 g/mol. The van der Waals surface area contributed by atoms with E-state index >= 15 is 0 Å². The van der Waals surface area contributed by atoms with Gasteiger partial charge in [-0.25, -0.2) is 0 Å². The Morgan fingerprint density at radius 2 is 2.00 bits per heavy atom. The minimum Gasteiger partial charge on any atom is -0.455 e. The fourth-order valence-electron chi connectivity index (χ4n) is 3.14. The van der Waals surface area contributed by atoms with Crippen molar-refractivity contribution in [2.45, 2.75) is 32.4 Å². The maximum atomic E-state index is 13.1. The van der Waals surface area contributed by atoms with E-state index in [1.807, 2.05) is 0 Å². The van der Waals surface area contributed by atoms with E-state index in [0.717, 1.165) is 12.5 Å². The van der Waals surface area contributed by atoms with Gasteiger partial charge in [0.1, 0.15) is 5.76 Å². The second kappa shape index (κ2) is 7.63. The molecular formula is C18H17F3N4O2S. The van der Waals surface area contributed by atoms with Crippen molar-refractivity contribution in [3.8, 4) is 0 Å². The molecular weight excluding hydrogens is 393 g/mol. The standard InChI is InChI=1S/C18H17F3N4O2S/c1-9-14-12(24-25-17(22)28)7-4-8-13(14)27-15(9)16(26)23-11-6-3-2-5-10(11)18(19,20)21/h2-3,5-6H,4,7-8H2,1H3,(H,23,26)(H3,22,25,28)/b24-12+. The summed E-state index contributed by atoms with van der Waals surface area (Å²) in [6.07, 6.45) is -2.63. The lowest BCUT2D eigenvalue weighted by Crippen LogP contribution is -2.26. The predicted molar refractivity (Wildman–Crippen MR) is 102 cm³/mol. The number of hydrogen-bond acceptors (Lipinski definition) is 4. The van der Waals surface area contributed by atoms with E-state index in [1.54, 1.807) is 6.92 Å². The molecule has 0 atom stereocenters. The lowest BCUT2D eigenvalue weighted by molar-refractivity contribution is -0.136. The molecule has 1 aromatic heterocycles. The zero-order valence-electron chi connectivity index (χ0n) is 14.8. The number of furan rings is 1. The monoisotopic (exact) mass is 410 g/mol. The summed E-state index contributed by atoms with van der Waals surface area (Å²) >= 11 is 4.74. The van der Waals surface area contributed by atoms with Gasteiger partial charge in [0.2, 0.25) is 0 Å². The summed E-state index contributed by atoms with van der Waals surface area (Å²) in [4.78, 5) is 12.6. The van der Waals surface area contributed by atoms with Gasteiger partial charge in [0, 0.05) is 17.5 Å². The highest BCUT2D eigenvalue weighted by Crippen LogP contribution is 2.35. The number of halogens is 3. The normalized spacial score (nSPS) is 15.2. The molecule has 0 saturated heterocycles. The number of carbonyl (C=O) groups excluding carboxylic acids is 1. The van der Waals surface area contributed by atoms with Crippen LogP contribution in [-0.2, 0) is 12.6 Å². The molecule has 1 aliphatic rings. The number of fused-ring (bicyclic) bond motifs is 1. The molecule has 2 aromatic rings. The SMILES string of the molecule is Cc1c(C(=O)Nc2ccccc2C(F)(F)F)oc2c1/C(=N/NC(N)=S)CCC2. The van der Waals surface area contributed by atoms with Crippen molar-refractivity contribution in [1.29, 1.82) is 0 Å². The summed E-state index contributed by atoms with van der Waals surface area (Å²) in [5.41, 5.74) is 8.43. The zero-order valence-corrected chi connectivity index (χ0v) is 15.6. The molecule has 0 aliphatic heterocycles. The van der Waals surface area contributed by atoms with Crippen molar-refractivity contribution in [3.05, 3.63) is 52.5 Å². The van der Waals surface area contributed by atoms with Gasteiger partial charge in [-0.1, -0.05) is 12.1 Å². The Balaban J connectivity index is 1.93. The van der Waals surface area contributed by atoms with Crippen LogP contribution in [0.2, 0.25) is 0 Å². The number of para-hydroxylation sites is 1. The van der Waals surface area contributed by atoms with E-state index in [4.69, 9.17) is 22.4 Å². The molecule has 0 radical (unpaired) electrons. The van der Waals surface area contributed by atoms with E-state index < -0.39 is 17.6 Å². The number of hydrogen-bond donors (Lipinski definition) is 3. The number of amides is 1. The van der Waals surface area contributed by atoms with Gasteiger partial charge in [0.05, 0.1) is 17.0 Å². The van der Waals surface area contributed by atoms with E-state index in [0.29, 0.717) is 35.4 Å². The fourth-order valence-corrected chi connectivity index (χ4v) is 3.18. The Bertz CT molecular complexity index is 966. The van der Waals surface area contributed by atoms with Gasteiger partial charge in [0.15, 0.2) is 10.9 Å². The average Bonchev–Trinajstić information content (AvgIpc) is 2.97. The summed E-state index contributed by atoms with van der Waals surface area (Å²) < 4.78 is 45.1. The summed E-state index contributed by atoms with van der Waals surface area (Å²) in [5.74, 6) is -0.251. The summed E-state index contributed by atoms with van der Waals surface area (Å²) in [5, 5.41) is 6.45. The van der Waals surface area contributed by atoms with Crippen LogP contribution in [0, 0.1) is 6.92 Å². The second-order valence-corrected chi connectivity index (χ2v) is 6.68. The van der Waals surface area contributed by atoms with Crippen LogP contribution < -0.4 is 16.5 Å². The third kappa shape index (κ3) is 4.01. The molecule has 0 spiro atoms. The highest BCUT2D eigenvalue weighted by atomic mass is 32.1. The van der Waals surface area contributed by atoms with Gasteiger partial charge < -0.3 is 15.5 Å². The third-order valence-electron chi connectivity index (χ3n) is 4.31. The highest BCUT2D eigenvalue weighted by molar-refractivity contribution is 7.80. The quantitative estimate of drug-likeness (QED) is 0.530. The third-order valence-corrected chi connectivity index (χ3v) is 4.40. The van der Waals surface area contributed by atoms with Crippen LogP contribution in [-0.4, -0.2) is 16.7 Å². The molecule has 148 valence electrons. The van der Waals surface area contributed by atoms with Crippen LogP contribution >= 0.6 is 12.2 Å². The number of nitrogens with two attached hydrogens (primary N) is 1. The largest absolute Gasteiger partial charge is 0.455 e. The Morgan fingerprint density at radius 3 is 2.68 bits per heavy atom. The molecule has 6 nitrogen and oxygen atoms in total. The maximum absolute atomic E-state index is 13.1. The first-order valence-electron chi connectivity index (χ1n) is 8.40. The van der Waals surface area contributed by atoms with Crippen LogP contribution in [0.5, 0.6) is 0 Å². The van der Waals surface area contributed by atoms with Gasteiger partial charge >= 0.3 is 6.18 Å². The van der Waals surface area contributed by atoms with Crippen molar-refractivity contribution in [1.82, 2.24) is 5.43 Å². The first-order chi connectivity index (χ1) is 13.2. The molecule has 1 aromatic carbocycles. The fraction of sp³-hybridized carbons (Fsp3) is 0.278. The molecule has 0 fully saturated rings. The summed E-state index contributed by atoms with van der Waals surface area (Å²) in [7, 11) is 0. The first kappa shape index (κ1) is 19.9. The van der Waals surface area contributed by atoms with Crippen LogP contribution in [0.3, 0.4) is 0 Å². The number of thiocarbonyl (C=S) groups is 1. The Labute approximate surface area is 164 Å². The van der Waals surface area contributed by atoms with Crippen molar-refractivity contribution >= 4 is 34.6 Å². The van der Waals surface area contributed by atoms with E-state index in [9.17, 15) is 18.0 Å². The maximum Gasteiger partial charge on any atom is 0.418 e. The summed E-state index contributed by atoms with van der Waals surface area (Å²) in [6, 6.07) is 4.77. The van der Waals surface area contributed by atoms with Crippen molar-refractivity contribution in [2.24, 2.45) is 10.8 Å². The molecule has 1 heterocycles. The Hall–Kier alpha value is -2.88. The minimum atomic E-state index is -4.59. The smallest absolute Gasteiger partial charge is 0.418 e. The molecule has 1 aliphatic carbocycles. The van der Waals surface area contributed by atoms with Crippen LogP contribution in [0.1, 0.15) is 45.8 Å². The minimum absolute atomic E-state index is 0.00231. The van der Waals surface area contributed by atoms with E-state index in [1.165, 1.54) is 18.2 Å². The Kier molecular flexibility index (Phi) is 5.41. The van der Waals surface area contributed by atoms with Crippen LogP contribution in [0.15, 0.2) is 33.8 Å². The number of benzene rings is 1. The summed E-state index contributed by atoms with van der Waals surface area (Å²) in [6.45, 7) is 1.66. The van der Waals surface area contributed by atoms with E-state index in [-0.39, 0.29) is 16.6 Å². The number of alkyl halides is 3. The van der Waals surface area contributed by atoms with Crippen LogP contribution in [0.25, 0.3) is 0 Å². The number of aryl methyl sites for hydroxylation is 1. The number of rotatable bonds is 3. The molecule has 28 heavy (non-hydrogen) atoms. The topological polar surface area (TPSA) is 92.6 Å². The second-order valence-electron chi connectivity index (χ2n) is 6.24. The molecule has 0 saturated carbocycles. The lowest BCUT2D eigenvalue weighted by Gasteiger charge is -2.13. The predicted octanol–water partition coefficient (Wildman–Crippen LogP) is 3.73. The Morgan fingerprint density at radius 1 is 1.29 bits per heavy atom. The van der Waals surface area contributed by atoms with Crippen molar-refractivity contribution in [3.63, 3.8) is 0 Å². The van der Waals surface area contributed by atoms with Gasteiger partial charge in [0.25, 0.3) is 5.91 Å². The number of anilines is 1. The van der Waals surface area contributed by atoms with E-state index in [2.05, 4.69) is 15.8 Å². The lowest BCUT2D eigenvalue weighted by atomic mass is 9.93. The number of nitrogens with zero attached hydrogens (tertiary/aromatic N) is 1. The molecule has 1 amide bonds.